The Morgan fingerprint density at radius 1 is 1.09 bits per heavy atom. The molecule has 0 aromatic rings. The molecule has 0 saturated carbocycles. The van der Waals surface area contributed by atoms with E-state index in [4.69, 9.17) is 0 Å². The maximum absolute atomic E-state index is 9.60. The molecule has 0 aromatic carbocycles. The lowest BCUT2D eigenvalue weighted by Crippen LogP contribution is -2.28. The Balaban J connectivity index is 3.61. The molecule has 0 saturated heterocycles. The molecule has 68 valence electrons. The minimum Gasteiger partial charge on any atom is -0.390 e. The molecule has 0 radical (unpaired) electrons. The molecule has 0 spiro atoms. The number of hydrogen-bond donors (Lipinski definition) is 1. The fraction of sp³-hybridized carbons (Fsp3) is 1.00. The van der Waals surface area contributed by atoms with Gasteiger partial charge in [-0.2, -0.15) is 0 Å². The van der Waals surface area contributed by atoms with Gasteiger partial charge in [0.25, 0.3) is 0 Å². The van der Waals surface area contributed by atoms with E-state index < -0.39 is 5.60 Å². The van der Waals surface area contributed by atoms with E-state index in [1.807, 2.05) is 13.8 Å². The number of hydrogen-bond acceptors (Lipinski definition) is 1. The van der Waals surface area contributed by atoms with Gasteiger partial charge >= 0.3 is 0 Å². The van der Waals surface area contributed by atoms with Crippen LogP contribution in [0.15, 0.2) is 0 Å². The molecule has 1 heteroatoms. The van der Waals surface area contributed by atoms with Crippen molar-refractivity contribution in [2.45, 2.75) is 53.1 Å². The minimum atomic E-state index is -0.505. The highest BCUT2D eigenvalue weighted by atomic mass is 16.3. The zero-order valence-corrected chi connectivity index (χ0v) is 8.52. The van der Waals surface area contributed by atoms with Gasteiger partial charge in [0, 0.05) is 0 Å². The van der Waals surface area contributed by atoms with Crippen molar-refractivity contribution < 1.29 is 5.11 Å². The molecule has 0 aliphatic carbocycles. The second kappa shape index (κ2) is 4.10. The van der Waals surface area contributed by atoms with Crippen molar-refractivity contribution in [2.75, 3.05) is 0 Å². The molecular weight excluding hydrogens is 136 g/mol. The van der Waals surface area contributed by atoms with Crippen LogP contribution >= 0.6 is 0 Å². The summed E-state index contributed by atoms with van der Waals surface area (Å²) in [5.41, 5.74) is -0.505. The Morgan fingerprint density at radius 2 is 1.55 bits per heavy atom. The van der Waals surface area contributed by atoms with E-state index in [0.29, 0.717) is 5.92 Å². The van der Waals surface area contributed by atoms with E-state index in [1.54, 1.807) is 0 Å². The molecule has 0 aliphatic heterocycles. The lowest BCUT2D eigenvalue weighted by atomic mass is 9.87. The van der Waals surface area contributed by atoms with Crippen LogP contribution < -0.4 is 0 Å². The Labute approximate surface area is 70.8 Å². The van der Waals surface area contributed by atoms with Gasteiger partial charge in [0.05, 0.1) is 5.60 Å². The van der Waals surface area contributed by atoms with Gasteiger partial charge in [-0.15, -0.1) is 0 Å². The molecule has 0 bridgehead atoms. The van der Waals surface area contributed by atoms with Crippen LogP contribution in [0.4, 0.5) is 0 Å². The molecule has 0 amide bonds. The van der Waals surface area contributed by atoms with Crippen LogP contribution in [0.25, 0.3) is 0 Å². The molecule has 0 aromatic heterocycles. The standard InChI is InChI=1S/C10H22O/c1-8(2)6-7-9(3)10(4,5)11/h8-9,11H,6-7H2,1-5H3. The van der Waals surface area contributed by atoms with Crippen molar-refractivity contribution >= 4 is 0 Å². The predicted molar refractivity (Wildman–Crippen MR) is 49.5 cm³/mol. The monoisotopic (exact) mass is 158 g/mol. The first-order valence-corrected chi connectivity index (χ1v) is 4.56. The van der Waals surface area contributed by atoms with Gasteiger partial charge in [-0.25, -0.2) is 0 Å². The van der Waals surface area contributed by atoms with E-state index in [-0.39, 0.29) is 0 Å². The molecular formula is C10H22O. The predicted octanol–water partition coefficient (Wildman–Crippen LogP) is 2.83. The summed E-state index contributed by atoms with van der Waals surface area (Å²) in [4.78, 5) is 0. The molecule has 11 heavy (non-hydrogen) atoms. The van der Waals surface area contributed by atoms with Crippen LogP contribution in [0, 0.1) is 11.8 Å². The first kappa shape index (κ1) is 11.0. The van der Waals surface area contributed by atoms with Crippen molar-refractivity contribution in [3.8, 4) is 0 Å². The first-order valence-electron chi connectivity index (χ1n) is 4.56. The molecule has 1 N–H and O–H groups in total. The first-order chi connectivity index (χ1) is 4.84. The smallest absolute Gasteiger partial charge is 0.0617 e. The molecule has 0 aliphatic rings. The van der Waals surface area contributed by atoms with Gasteiger partial charge in [-0.3, -0.25) is 0 Å². The highest BCUT2D eigenvalue weighted by Crippen LogP contribution is 2.22. The van der Waals surface area contributed by atoms with Crippen LogP contribution in [0.2, 0.25) is 0 Å². The maximum Gasteiger partial charge on any atom is 0.0617 e. The van der Waals surface area contributed by atoms with E-state index in [9.17, 15) is 5.11 Å². The zero-order chi connectivity index (χ0) is 9.07. The number of aliphatic hydroxyl groups is 1. The summed E-state index contributed by atoms with van der Waals surface area (Å²) in [5, 5.41) is 9.60. The van der Waals surface area contributed by atoms with Crippen LogP contribution in [-0.4, -0.2) is 10.7 Å². The lowest BCUT2D eigenvalue weighted by molar-refractivity contribution is 0.0193. The highest BCUT2D eigenvalue weighted by Gasteiger charge is 2.21. The average molecular weight is 158 g/mol. The van der Waals surface area contributed by atoms with Crippen molar-refractivity contribution in [3.63, 3.8) is 0 Å². The third-order valence-corrected chi connectivity index (χ3v) is 2.38. The van der Waals surface area contributed by atoms with E-state index in [1.165, 1.54) is 6.42 Å². The second-order valence-electron chi connectivity index (χ2n) is 4.53. The third-order valence-electron chi connectivity index (χ3n) is 2.38. The van der Waals surface area contributed by atoms with Gasteiger partial charge in [-0.1, -0.05) is 27.2 Å². The summed E-state index contributed by atoms with van der Waals surface area (Å²) in [6, 6.07) is 0. The quantitative estimate of drug-likeness (QED) is 0.667. The topological polar surface area (TPSA) is 20.2 Å². The maximum atomic E-state index is 9.60. The second-order valence-corrected chi connectivity index (χ2v) is 4.53. The van der Waals surface area contributed by atoms with Crippen molar-refractivity contribution in [2.24, 2.45) is 11.8 Å². The summed E-state index contributed by atoms with van der Waals surface area (Å²) in [5.74, 6) is 1.16. The molecule has 1 atom stereocenters. The van der Waals surface area contributed by atoms with Gasteiger partial charge < -0.3 is 5.11 Å². The highest BCUT2D eigenvalue weighted by molar-refractivity contribution is 4.73. The van der Waals surface area contributed by atoms with Gasteiger partial charge in [0.2, 0.25) is 0 Å². The molecule has 0 rings (SSSR count). The largest absolute Gasteiger partial charge is 0.390 e. The van der Waals surface area contributed by atoms with Crippen molar-refractivity contribution in [1.82, 2.24) is 0 Å². The van der Waals surface area contributed by atoms with E-state index >= 15 is 0 Å². The zero-order valence-electron chi connectivity index (χ0n) is 8.52. The van der Waals surface area contributed by atoms with Crippen LogP contribution in [0.5, 0.6) is 0 Å². The van der Waals surface area contributed by atoms with Crippen molar-refractivity contribution in [3.05, 3.63) is 0 Å². The Kier molecular flexibility index (Phi) is 4.09. The van der Waals surface area contributed by atoms with E-state index in [0.717, 1.165) is 12.3 Å². The fourth-order valence-electron chi connectivity index (χ4n) is 0.937. The van der Waals surface area contributed by atoms with Crippen LogP contribution in [-0.2, 0) is 0 Å². The Bertz CT molecular complexity index is 99.9. The summed E-state index contributed by atoms with van der Waals surface area (Å²) < 4.78 is 0. The summed E-state index contributed by atoms with van der Waals surface area (Å²) in [6.07, 6.45) is 2.34. The number of rotatable bonds is 4. The third kappa shape index (κ3) is 5.25. The minimum absolute atomic E-state index is 0.407. The fourth-order valence-corrected chi connectivity index (χ4v) is 0.937. The summed E-state index contributed by atoms with van der Waals surface area (Å²) in [7, 11) is 0. The molecule has 0 heterocycles. The lowest BCUT2D eigenvalue weighted by Gasteiger charge is -2.26. The Hall–Kier alpha value is -0.0400. The van der Waals surface area contributed by atoms with E-state index in [2.05, 4.69) is 20.8 Å². The average Bonchev–Trinajstić information content (AvgIpc) is 1.80. The van der Waals surface area contributed by atoms with Crippen molar-refractivity contribution in [1.29, 1.82) is 0 Å². The van der Waals surface area contributed by atoms with Gasteiger partial charge in [0.15, 0.2) is 0 Å². The Morgan fingerprint density at radius 3 is 1.82 bits per heavy atom. The normalized spacial score (nSPS) is 15.5. The van der Waals surface area contributed by atoms with Crippen LogP contribution in [0.3, 0.4) is 0 Å². The van der Waals surface area contributed by atoms with Gasteiger partial charge in [-0.05, 0) is 32.1 Å². The summed E-state index contributed by atoms with van der Waals surface area (Å²) >= 11 is 0. The molecule has 1 unspecified atom stereocenters. The van der Waals surface area contributed by atoms with Crippen LogP contribution in [0.1, 0.15) is 47.5 Å². The summed E-state index contributed by atoms with van der Waals surface area (Å²) in [6.45, 7) is 10.3. The van der Waals surface area contributed by atoms with Gasteiger partial charge in [0.1, 0.15) is 0 Å². The SMILES string of the molecule is CC(C)CCC(C)C(C)(C)O. The molecule has 1 nitrogen and oxygen atoms in total. The molecule has 0 fully saturated rings.